The van der Waals surface area contributed by atoms with E-state index in [9.17, 15) is 4.79 Å². The first-order valence-corrected chi connectivity index (χ1v) is 7.99. The average Bonchev–Trinajstić information content (AvgIpc) is 3.01. The lowest BCUT2D eigenvalue weighted by atomic mass is 10.2. The second-order valence-corrected chi connectivity index (χ2v) is 5.34. The van der Waals surface area contributed by atoms with Crippen molar-refractivity contribution in [3.05, 3.63) is 35.6 Å². The van der Waals surface area contributed by atoms with Crippen LogP contribution in [0.25, 0.3) is 0 Å². The molecule has 2 aromatic heterocycles. The molecule has 2 heterocycles. The van der Waals surface area contributed by atoms with E-state index < -0.39 is 0 Å². The van der Waals surface area contributed by atoms with Gasteiger partial charge in [-0.2, -0.15) is 4.98 Å². The van der Waals surface area contributed by atoms with Gasteiger partial charge in [0.05, 0.1) is 12.2 Å². The first-order valence-electron chi connectivity index (χ1n) is 6.77. The number of nitrogens with one attached hydrogen (secondary N) is 1. The Kier molecular flexibility index (Phi) is 5.91. The quantitative estimate of drug-likeness (QED) is 0.778. The highest BCUT2D eigenvalue weighted by Crippen LogP contribution is 2.18. The molecule has 7 nitrogen and oxygen atoms in total. The zero-order valence-electron chi connectivity index (χ0n) is 12.7. The molecule has 22 heavy (non-hydrogen) atoms. The van der Waals surface area contributed by atoms with Crippen LogP contribution in [0.1, 0.15) is 35.0 Å². The third-order valence-corrected chi connectivity index (χ3v) is 3.65. The minimum atomic E-state index is -0.383. The van der Waals surface area contributed by atoms with Crippen molar-refractivity contribution in [1.82, 2.24) is 20.4 Å². The Morgan fingerprint density at radius 1 is 1.55 bits per heavy atom. The topological polar surface area (TPSA) is 90.1 Å². The Labute approximate surface area is 132 Å². The summed E-state index contributed by atoms with van der Waals surface area (Å²) in [6.45, 7) is 2.31. The van der Waals surface area contributed by atoms with Crippen LogP contribution in [0.15, 0.2) is 27.9 Å². The summed E-state index contributed by atoms with van der Waals surface area (Å²) in [6.07, 6.45) is 4.11. The van der Waals surface area contributed by atoms with Crippen molar-refractivity contribution < 1.29 is 14.1 Å². The molecule has 2 rings (SSSR count). The number of rotatable bonds is 7. The standard InChI is InChI=1S/C14H18N4O3S/c1-9(13-17-11(18-21-13)6-8-20-2)16-12(19)10-5-4-7-15-14(10)22-3/h4-5,7,9H,6,8H2,1-3H3,(H,16,19)/t9-/m0/s1. The highest BCUT2D eigenvalue weighted by atomic mass is 32.2. The minimum absolute atomic E-state index is 0.221. The van der Waals surface area contributed by atoms with Gasteiger partial charge in [-0.1, -0.05) is 5.16 Å². The Morgan fingerprint density at radius 2 is 2.36 bits per heavy atom. The maximum Gasteiger partial charge on any atom is 0.254 e. The molecule has 0 saturated carbocycles. The molecule has 0 aromatic carbocycles. The van der Waals surface area contributed by atoms with Crippen LogP contribution in [0.5, 0.6) is 0 Å². The molecule has 0 aliphatic carbocycles. The summed E-state index contributed by atoms with van der Waals surface area (Å²) < 4.78 is 10.1. The van der Waals surface area contributed by atoms with Gasteiger partial charge in [-0.3, -0.25) is 4.79 Å². The monoisotopic (exact) mass is 322 g/mol. The molecule has 8 heteroatoms. The minimum Gasteiger partial charge on any atom is -0.384 e. The molecular formula is C14H18N4O3S. The van der Waals surface area contributed by atoms with Crippen molar-refractivity contribution in [1.29, 1.82) is 0 Å². The normalized spacial score (nSPS) is 12.1. The fraction of sp³-hybridized carbons (Fsp3) is 0.429. The number of methoxy groups -OCH3 is 1. The fourth-order valence-electron chi connectivity index (χ4n) is 1.80. The number of amides is 1. The molecule has 0 saturated heterocycles. The number of carbonyl (C=O) groups excluding carboxylic acids is 1. The van der Waals surface area contributed by atoms with Gasteiger partial charge in [-0.15, -0.1) is 11.8 Å². The maximum absolute atomic E-state index is 12.3. The van der Waals surface area contributed by atoms with Gasteiger partial charge < -0.3 is 14.6 Å². The third kappa shape index (κ3) is 4.05. The molecule has 0 aliphatic rings. The van der Waals surface area contributed by atoms with Crippen molar-refractivity contribution >= 4 is 17.7 Å². The number of ether oxygens (including phenoxy) is 1. The van der Waals surface area contributed by atoms with Gasteiger partial charge in [0.1, 0.15) is 11.1 Å². The van der Waals surface area contributed by atoms with Crippen LogP contribution >= 0.6 is 11.8 Å². The van der Waals surface area contributed by atoms with E-state index in [0.29, 0.717) is 35.3 Å². The second-order valence-electron chi connectivity index (χ2n) is 4.55. The van der Waals surface area contributed by atoms with E-state index in [-0.39, 0.29) is 11.9 Å². The Hall–Kier alpha value is -1.93. The van der Waals surface area contributed by atoms with E-state index in [4.69, 9.17) is 9.26 Å². The van der Waals surface area contributed by atoms with Gasteiger partial charge in [0.15, 0.2) is 5.82 Å². The molecule has 0 fully saturated rings. The van der Waals surface area contributed by atoms with Crippen molar-refractivity contribution in [3.8, 4) is 0 Å². The van der Waals surface area contributed by atoms with E-state index in [1.54, 1.807) is 32.4 Å². The molecule has 2 aromatic rings. The van der Waals surface area contributed by atoms with Gasteiger partial charge in [0, 0.05) is 19.7 Å². The summed E-state index contributed by atoms with van der Waals surface area (Å²) in [6, 6.07) is 3.08. The summed E-state index contributed by atoms with van der Waals surface area (Å²) in [5, 5.41) is 7.37. The summed E-state index contributed by atoms with van der Waals surface area (Å²) >= 11 is 1.42. The largest absolute Gasteiger partial charge is 0.384 e. The first kappa shape index (κ1) is 16.4. The Bertz CT molecular complexity index is 632. The summed E-state index contributed by atoms with van der Waals surface area (Å²) in [5.74, 6) is 0.708. The third-order valence-electron chi connectivity index (χ3n) is 2.94. The predicted octanol–water partition coefficient (Wildman–Crippen LogP) is 1.87. The lowest BCUT2D eigenvalue weighted by molar-refractivity contribution is 0.0929. The van der Waals surface area contributed by atoms with Crippen molar-refractivity contribution in [3.63, 3.8) is 0 Å². The highest BCUT2D eigenvalue weighted by Gasteiger charge is 2.19. The van der Waals surface area contributed by atoms with Crippen LogP contribution in [0.3, 0.4) is 0 Å². The molecule has 0 aliphatic heterocycles. The van der Waals surface area contributed by atoms with E-state index >= 15 is 0 Å². The molecule has 0 spiro atoms. The van der Waals surface area contributed by atoms with Gasteiger partial charge in [0.2, 0.25) is 5.89 Å². The SMILES string of the molecule is COCCc1noc([C@H](C)NC(=O)c2cccnc2SC)n1. The molecular weight excluding hydrogens is 304 g/mol. The van der Waals surface area contributed by atoms with Crippen LogP contribution in [-0.4, -0.2) is 41.0 Å². The van der Waals surface area contributed by atoms with Gasteiger partial charge in [-0.25, -0.2) is 4.98 Å². The van der Waals surface area contributed by atoms with Crippen molar-refractivity contribution in [2.24, 2.45) is 0 Å². The summed E-state index contributed by atoms with van der Waals surface area (Å²) in [7, 11) is 1.61. The lowest BCUT2D eigenvalue weighted by Crippen LogP contribution is -2.27. The second kappa shape index (κ2) is 7.90. The number of hydrogen-bond acceptors (Lipinski definition) is 7. The molecule has 118 valence electrons. The van der Waals surface area contributed by atoms with Crippen LogP contribution < -0.4 is 5.32 Å². The van der Waals surface area contributed by atoms with Crippen molar-refractivity contribution in [2.75, 3.05) is 20.0 Å². The zero-order chi connectivity index (χ0) is 15.9. The van der Waals surface area contributed by atoms with Crippen molar-refractivity contribution in [2.45, 2.75) is 24.4 Å². The van der Waals surface area contributed by atoms with Crippen LogP contribution in [0.4, 0.5) is 0 Å². The molecule has 0 bridgehead atoms. The van der Waals surface area contributed by atoms with E-state index in [1.807, 2.05) is 6.26 Å². The van der Waals surface area contributed by atoms with E-state index in [2.05, 4.69) is 20.4 Å². The summed E-state index contributed by atoms with van der Waals surface area (Å²) in [5.41, 5.74) is 0.529. The van der Waals surface area contributed by atoms with Gasteiger partial charge in [0.25, 0.3) is 5.91 Å². The first-order chi connectivity index (χ1) is 10.7. The fourth-order valence-corrected chi connectivity index (χ4v) is 2.35. The van der Waals surface area contributed by atoms with E-state index in [0.717, 1.165) is 0 Å². The van der Waals surface area contributed by atoms with Crippen LogP contribution in [-0.2, 0) is 11.2 Å². The average molecular weight is 322 g/mol. The molecule has 0 radical (unpaired) electrons. The number of aromatic nitrogens is 3. The Balaban J connectivity index is 2.03. The van der Waals surface area contributed by atoms with Crippen LogP contribution in [0.2, 0.25) is 0 Å². The van der Waals surface area contributed by atoms with Gasteiger partial charge in [-0.05, 0) is 25.3 Å². The predicted molar refractivity (Wildman–Crippen MR) is 81.8 cm³/mol. The highest BCUT2D eigenvalue weighted by molar-refractivity contribution is 7.98. The number of pyridine rings is 1. The number of thioether (sulfide) groups is 1. The molecule has 1 atom stereocenters. The maximum atomic E-state index is 12.3. The van der Waals surface area contributed by atoms with Crippen LogP contribution in [0, 0.1) is 0 Å². The zero-order valence-corrected chi connectivity index (χ0v) is 13.5. The Morgan fingerprint density at radius 3 is 3.09 bits per heavy atom. The van der Waals surface area contributed by atoms with E-state index in [1.165, 1.54) is 11.8 Å². The lowest BCUT2D eigenvalue weighted by Gasteiger charge is -2.11. The molecule has 1 amide bonds. The molecule has 1 N–H and O–H groups in total. The molecule has 0 unspecified atom stereocenters. The number of nitrogens with zero attached hydrogens (tertiary/aromatic N) is 3. The number of hydrogen-bond donors (Lipinski definition) is 1. The number of carbonyl (C=O) groups is 1. The smallest absolute Gasteiger partial charge is 0.254 e. The summed E-state index contributed by atoms with van der Waals surface area (Å²) in [4.78, 5) is 20.7. The van der Waals surface area contributed by atoms with Gasteiger partial charge >= 0.3 is 0 Å².